The minimum absolute atomic E-state index is 0.0833. The van der Waals surface area contributed by atoms with Crippen molar-refractivity contribution in [3.8, 4) is 0 Å². The van der Waals surface area contributed by atoms with Crippen LogP contribution in [-0.2, 0) is 11.2 Å². The van der Waals surface area contributed by atoms with Crippen LogP contribution in [0, 0.1) is 24.5 Å². The molecule has 2 aromatic carbocycles. The summed E-state index contributed by atoms with van der Waals surface area (Å²) in [5.41, 5.74) is 1.55. The third kappa shape index (κ3) is 10.4. The van der Waals surface area contributed by atoms with Crippen molar-refractivity contribution < 1.29 is 28.3 Å². The van der Waals surface area contributed by atoms with Crippen LogP contribution in [0.3, 0.4) is 0 Å². The fourth-order valence-electron chi connectivity index (χ4n) is 4.40. The van der Waals surface area contributed by atoms with E-state index >= 15 is 0 Å². The summed E-state index contributed by atoms with van der Waals surface area (Å²) in [6.07, 6.45) is 0.552. The molecule has 0 aliphatic carbocycles. The molecule has 0 fully saturated rings. The van der Waals surface area contributed by atoms with Crippen LogP contribution in [0.5, 0.6) is 0 Å². The highest BCUT2D eigenvalue weighted by atomic mass is 19.1. The third-order valence-corrected chi connectivity index (χ3v) is 6.12. The van der Waals surface area contributed by atoms with Crippen LogP contribution in [0.1, 0.15) is 78.8 Å². The Morgan fingerprint density at radius 3 is 2.08 bits per heavy atom. The number of nitrogens with zero attached hydrogens (tertiary/aromatic N) is 1. The largest absolute Gasteiger partial charge is 0.389 e. The maximum atomic E-state index is 13.8. The highest BCUT2D eigenvalue weighted by Crippen LogP contribution is 2.16. The Morgan fingerprint density at radius 1 is 0.923 bits per heavy atom. The molecule has 0 saturated carbocycles. The van der Waals surface area contributed by atoms with E-state index in [1.54, 1.807) is 24.0 Å². The first kappa shape index (κ1) is 31.9. The minimum atomic E-state index is -1.24. The van der Waals surface area contributed by atoms with Crippen molar-refractivity contribution in [2.24, 2.45) is 5.92 Å². The summed E-state index contributed by atoms with van der Waals surface area (Å²) in [7, 11) is 0. The fraction of sp³-hybridized carbons (Fsp3) is 0.500. The van der Waals surface area contributed by atoms with Crippen LogP contribution in [0.25, 0.3) is 0 Å². The van der Waals surface area contributed by atoms with E-state index in [2.05, 4.69) is 10.6 Å². The van der Waals surface area contributed by atoms with Gasteiger partial charge in [0.05, 0.1) is 12.1 Å². The standard InChI is InChI=1S/C30H41F2N3O4/c1-6-8-35(9-7-2)30(39)23-12-20(5)11-22(16-23)29(38)34-26(15-21-13-24(31)17-25(32)14-21)27(36)18-33-28(37)10-19(3)4/h11-14,16-17,19,26-27,36H,6-10,15,18H2,1-5H3,(H,33,37)(H,34,38)/t26-,27+/m0/s1. The number of aliphatic hydroxyl groups excluding tert-OH is 1. The molecule has 3 N–H and O–H groups in total. The minimum Gasteiger partial charge on any atom is -0.389 e. The molecule has 2 rings (SSSR count). The molecule has 0 unspecified atom stereocenters. The average Bonchev–Trinajstić information content (AvgIpc) is 2.84. The molecular formula is C30H41F2N3O4. The Hall–Kier alpha value is -3.33. The molecule has 0 radical (unpaired) electrons. The first-order valence-electron chi connectivity index (χ1n) is 13.5. The Morgan fingerprint density at radius 2 is 1.51 bits per heavy atom. The van der Waals surface area contributed by atoms with E-state index in [0.717, 1.165) is 31.0 Å². The number of hydrogen-bond acceptors (Lipinski definition) is 4. The second-order valence-corrected chi connectivity index (χ2v) is 10.4. The van der Waals surface area contributed by atoms with Gasteiger partial charge in [0.25, 0.3) is 11.8 Å². The number of carbonyl (C=O) groups is 3. The smallest absolute Gasteiger partial charge is 0.253 e. The van der Waals surface area contributed by atoms with Gasteiger partial charge in [0.2, 0.25) is 5.91 Å². The molecule has 0 aromatic heterocycles. The molecule has 7 nitrogen and oxygen atoms in total. The van der Waals surface area contributed by atoms with Crippen LogP contribution < -0.4 is 10.6 Å². The fourth-order valence-corrected chi connectivity index (χ4v) is 4.40. The predicted octanol–water partition coefficient (Wildman–Crippen LogP) is 4.40. The van der Waals surface area contributed by atoms with Gasteiger partial charge in [-0.05, 0) is 73.6 Å². The van der Waals surface area contributed by atoms with Gasteiger partial charge in [-0.15, -0.1) is 0 Å². The van der Waals surface area contributed by atoms with Crippen LogP contribution in [-0.4, -0.2) is 59.5 Å². The third-order valence-electron chi connectivity index (χ3n) is 6.12. The summed E-state index contributed by atoms with van der Waals surface area (Å²) < 4.78 is 27.7. The Kier molecular flexibility index (Phi) is 12.5. The number of hydrogen-bond donors (Lipinski definition) is 3. The van der Waals surface area contributed by atoms with E-state index in [9.17, 15) is 28.3 Å². The molecule has 9 heteroatoms. The normalized spacial score (nSPS) is 12.6. The lowest BCUT2D eigenvalue weighted by molar-refractivity contribution is -0.122. The topological polar surface area (TPSA) is 98.7 Å². The van der Waals surface area contributed by atoms with Crippen molar-refractivity contribution in [1.29, 1.82) is 0 Å². The molecule has 39 heavy (non-hydrogen) atoms. The van der Waals surface area contributed by atoms with Gasteiger partial charge in [-0.1, -0.05) is 27.7 Å². The van der Waals surface area contributed by atoms with Crippen molar-refractivity contribution >= 4 is 17.7 Å². The van der Waals surface area contributed by atoms with Crippen molar-refractivity contribution in [1.82, 2.24) is 15.5 Å². The van der Waals surface area contributed by atoms with Crippen molar-refractivity contribution in [2.45, 2.75) is 72.4 Å². The maximum Gasteiger partial charge on any atom is 0.253 e. The molecule has 0 spiro atoms. The van der Waals surface area contributed by atoms with Crippen LogP contribution in [0.2, 0.25) is 0 Å². The first-order chi connectivity index (χ1) is 18.4. The molecule has 214 valence electrons. The molecule has 0 saturated heterocycles. The highest BCUT2D eigenvalue weighted by molar-refractivity contribution is 6.00. The summed E-state index contributed by atoms with van der Waals surface area (Å²) in [4.78, 5) is 40.4. The van der Waals surface area contributed by atoms with Gasteiger partial charge in [0.1, 0.15) is 11.6 Å². The molecule has 0 aliphatic heterocycles. The zero-order valence-electron chi connectivity index (χ0n) is 23.5. The van der Waals surface area contributed by atoms with Gasteiger partial charge in [-0.25, -0.2) is 8.78 Å². The van der Waals surface area contributed by atoms with Gasteiger partial charge in [-0.3, -0.25) is 14.4 Å². The van der Waals surface area contributed by atoms with E-state index in [1.165, 1.54) is 6.07 Å². The van der Waals surface area contributed by atoms with E-state index < -0.39 is 29.7 Å². The monoisotopic (exact) mass is 545 g/mol. The maximum absolute atomic E-state index is 13.8. The first-order valence-corrected chi connectivity index (χ1v) is 13.5. The average molecular weight is 546 g/mol. The molecule has 0 heterocycles. The number of rotatable bonds is 14. The highest BCUT2D eigenvalue weighted by Gasteiger charge is 2.25. The summed E-state index contributed by atoms with van der Waals surface area (Å²) in [6.45, 7) is 10.6. The Bertz CT molecular complexity index is 1110. The lowest BCUT2D eigenvalue weighted by atomic mass is 9.99. The van der Waals surface area contributed by atoms with E-state index in [1.807, 2.05) is 27.7 Å². The summed E-state index contributed by atoms with van der Waals surface area (Å²) in [5.74, 6) is -2.41. The van der Waals surface area contributed by atoms with Gasteiger partial charge in [0.15, 0.2) is 0 Å². The van der Waals surface area contributed by atoms with E-state index in [4.69, 9.17) is 0 Å². The van der Waals surface area contributed by atoms with Gasteiger partial charge < -0.3 is 20.6 Å². The number of carbonyl (C=O) groups excluding carboxylic acids is 3. The number of aryl methyl sites for hydroxylation is 1. The van der Waals surface area contributed by atoms with E-state index in [0.29, 0.717) is 24.2 Å². The van der Waals surface area contributed by atoms with Gasteiger partial charge in [-0.2, -0.15) is 0 Å². The molecule has 2 aromatic rings. The molecule has 0 aliphatic rings. The number of aliphatic hydroxyl groups is 1. The molecule has 3 amide bonds. The van der Waals surface area contributed by atoms with Crippen molar-refractivity contribution in [3.05, 3.63) is 70.3 Å². The van der Waals surface area contributed by atoms with E-state index in [-0.39, 0.29) is 48.2 Å². The SMILES string of the molecule is CCCN(CCC)C(=O)c1cc(C)cc(C(=O)N[C@@H](Cc2cc(F)cc(F)c2)[C@H](O)CNC(=O)CC(C)C)c1. The molecule has 2 atom stereocenters. The zero-order chi connectivity index (χ0) is 29.1. The predicted molar refractivity (Wildman–Crippen MR) is 147 cm³/mol. The number of halogens is 2. The van der Waals surface area contributed by atoms with Crippen LogP contribution in [0.4, 0.5) is 8.78 Å². The second kappa shape index (κ2) is 15.3. The number of nitrogens with one attached hydrogen (secondary N) is 2. The quantitative estimate of drug-likeness (QED) is 0.328. The second-order valence-electron chi connectivity index (χ2n) is 10.4. The van der Waals surface area contributed by atoms with Crippen molar-refractivity contribution in [2.75, 3.05) is 19.6 Å². The lowest BCUT2D eigenvalue weighted by Crippen LogP contribution is -2.49. The Balaban J connectivity index is 2.30. The molecular weight excluding hydrogens is 504 g/mol. The van der Waals surface area contributed by atoms with Crippen LogP contribution in [0.15, 0.2) is 36.4 Å². The zero-order valence-corrected chi connectivity index (χ0v) is 23.5. The number of amides is 3. The van der Waals surface area contributed by atoms with Gasteiger partial charge in [0, 0.05) is 43.2 Å². The van der Waals surface area contributed by atoms with Crippen LogP contribution >= 0.6 is 0 Å². The summed E-state index contributed by atoms with van der Waals surface area (Å²) in [6, 6.07) is 6.89. The summed E-state index contributed by atoms with van der Waals surface area (Å²) >= 11 is 0. The lowest BCUT2D eigenvalue weighted by Gasteiger charge is -2.25. The Labute approximate surface area is 230 Å². The number of benzene rings is 2. The van der Waals surface area contributed by atoms with Gasteiger partial charge >= 0.3 is 0 Å². The van der Waals surface area contributed by atoms with Crippen molar-refractivity contribution in [3.63, 3.8) is 0 Å². The molecule has 0 bridgehead atoms. The summed E-state index contributed by atoms with van der Waals surface area (Å²) in [5, 5.41) is 16.3.